The molecule has 2 aromatic rings. The molecule has 2 rings (SSSR count). The largest absolute Gasteiger partial charge is 0.497 e. The molecule has 0 aliphatic carbocycles. The van der Waals surface area contributed by atoms with Crippen LogP contribution in [0.15, 0.2) is 24.4 Å². The Morgan fingerprint density at radius 1 is 1.42 bits per heavy atom. The van der Waals surface area contributed by atoms with Gasteiger partial charge in [0.25, 0.3) is 0 Å². The smallest absolute Gasteiger partial charge is 0.323 e. The van der Waals surface area contributed by atoms with Crippen LogP contribution in [0.25, 0.3) is 10.9 Å². The number of rotatable bonds is 6. The normalized spacial score (nSPS) is 10.8. The van der Waals surface area contributed by atoms with Crippen LogP contribution in [0, 0.1) is 0 Å². The number of aryl methyl sites for hydroxylation is 1. The second-order valence-corrected chi connectivity index (χ2v) is 4.66. The summed E-state index contributed by atoms with van der Waals surface area (Å²) < 4.78 is 7.04. The third-order valence-corrected chi connectivity index (χ3v) is 3.28. The van der Waals surface area contributed by atoms with Gasteiger partial charge in [0.05, 0.1) is 7.11 Å². The third kappa shape index (κ3) is 2.89. The van der Waals surface area contributed by atoms with Crippen molar-refractivity contribution < 1.29 is 14.6 Å². The van der Waals surface area contributed by atoms with Crippen molar-refractivity contribution in [2.45, 2.75) is 32.7 Å². The minimum absolute atomic E-state index is 0.00501. The molecule has 0 radical (unpaired) electrons. The van der Waals surface area contributed by atoms with Crippen molar-refractivity contribution in [3.8, 4) is 5.75 Å². The average Bonchev–Trinajstić information content (AvgIpc) is 2.73. The molecule has 0 bridgehead atoms. The number of benzene rings is 1. The van der Waals surface area contributed by atoms with Crippen LogP contribution in [0.1, 0.15) is 25.3 Å². The highest BCUT2D eigenvalue weighted by Gasteiger charge is 2.11. The summed E-state index contributed by atoms with van der Waals surface area (Å²) in [6, 6.07) is 5.77. The third-order valence-electron chi connectivity index (χ3n) is 3.28. The van der Waals surface area contributed by atoms with E-state index in [2.05, 4.69) is 6.92 Å². The second-order valence-electron chi connectivity index (χ2n) is 4.66. The molecule has 0 atom stereocenters. The van der Waals surface area contributed by atoms with Crippen molar-refractivity contribution in [2.24, 2.45) is 0 Å². The lowest BCUT2D eigenvalue weighted by Gasteiger charge is -2.03. The second kappa shape index (κ2) is 5.78. The Balaban J connectivity index is 2.48. The predicted octanol–water partition coefficient (Wildman–Crippen LogP) is 3.08. The Labute approximate surface area is 112 Å². The van der Waals surface area contributed by atoms with Gasteiger partial charge in [0.15, 0.2) is 0 Å². The Morgan fingerprint density at radius 2 is 2.21 bits per heavy atom. The van der Waals surface area contributed by atoms with Crippen molar-refractivity contribution in [3.05, 3.63) is 30.0 Å². The Kier molecular flexibility index (Phi) is 4.10. The maximum Gasteiger partial charge on any atom is 0.323 e. The molecule has 0 saturated carbocycles. The van der Waals surface area contributed by atoms with Gasteiger partial charge in [-0.25, -0.2) is 0 Å². The number of carbonyl (C=O) groups is 1. The lowest BCUT2D eigenvalue weighted by molar-refractivity contribution is -0.137. The quantitative estimate of drug-likeness (QED) is 0.869. The van der Waals surface area contributed by atoms with E-state index in [-0.39, 0.29) is 6.54 Å². The van der Waals surface area contributed by atoms with Crippen LogP contribution in [0.2, 0.25) is 0 Å². The van der Waals surface area contributed by atoms with E-state index in [9.17, 15) is 4.79 Å². The number of methoxy groups -OCH3 is 1. The molecular weight excluding hydrogens is 242 g/mol. The van der Waals surface area contributed by atoms with E-state index in [1.807, 2.05) is 24.4 Å². The van der Waals surface area contributed by atoms with Crippen molar-refractivity contribution in [1.29, 1.82) is 0 Å². The maximum absolute atomic E-state index is 10.9. The molecule has 4 heteroatoms. The minimum atomic E-state index is -0.824. The van der Waals surface area contributed by atoms with Gasteiger partial charge in [-0.05, 0) is 36.6 Å². The van der Waals surface area contributed by atoms with Gasteiger partial charge in [-0.1, -0.05) is 13.3 Å². The monoisotopic (exact) mass is 261 g/mol. The van der Waals surface area contributed by atoms with Crippen molar-refractivity contribution in [2.75, 3.05) is 7.11 Å². The molecule has 4 nitrogen and oxygen atoms in total. The molecule has 0 unspecified atom stereocenters. The lowest BCUT2D eigenvalue weighted by atomic mass is 10.1. The number of nitrogens with zero attached hydrogens (tertiary/aromatic N) is 1. The molecule has 19 heavy (non-hydrogen) atoms. The first-order chi connectivity index (χ1) is 9.15. The van der Waals surface area contributed by atoms with Gasteiger partial charge in [-0.3, -0.25) is 4.79 Å². The van der Waals surface area contributed by atoms with Gasteiger partial charge in [0, 0.05) is 17.1 Å². The fourth-order valence-corrected chi connectivity index (χ4v) is 2.32. The number of aliphatic carboxylic acids is 1. The number of aromatic nitrogens is 1. The highest BCUT2D eigenvalue weighted by Crippen LogP contribution is 2.27. The number of unbranched alkanes of at least 4 members (excludes halogenated alkanes) is 1. The Bertz CT molecular complexity index is 586. The number of fused-ring (bicyclic) bond motifs is 1. The van der Waals surface area contributed by atoms with Crippen LogP contribution in [0.3, 0.4) is 0 Å². The zero-order valence-electron chi connectivity index (χ0n) is 11.3. The van der Waals surface area contributed by atoms with Gasteiger partial charge >= 0.3 is 5.97 Å². The predicted molar refractivity (Wildman–Crippen MR) is 74.7 cm³/mol. The lowest BCUT2D eigenvalue weighted by Crippen LogP contribution is -2.07. The number of carboxylic acid groups (broad SMARTS) is 1. The van der Waals surface area contributed by atoms with E-state index >= 15 is 0 Å². The molecule has 0 spiro atoms. The summed E-state index contributed by atoms with van der Waals surface area (Å²) in [5, 5.41) is 10.1. The fourth-order valence-electron chi connectivity index (χ4n) is 2.32. The fraction of sp³-hybridized carbons (Fsp3) is 0.400. The van der Waals surface area contributed by atoms with Crippen LogP contribution < -0.4 is 4.74 Å². The molecule has 0 saturated heterocycles. The van der Waals surface area contributed by atoms with Crippen LogP contribution in [-0.2, 0) is 17.8 Å². The zero-order valence-corrected chi connectivity index (χ0v) is 11.3. The van der Waals surface area contributed by atoms with Crippen LogP contribution in [0.4, 0.5) is 0 Å². The number of ether oxygens (including phenoxy) is 1. The molecule has 0 fully saturated rings. The van der Waals surface area contributed by atoms with E-state index in [1.54, 1.807) is 11.7 Å². The molecule has 1 heterocycles. The van der Waals surface area contributed by atoms with E-state index in [0.29, 0.717) is 0 Å². The number of hydrogen-bond donors (Lipinski definition) is 1. The molecule has 0 aliphatic heterocycles. The van der Waals surface area contributed by atoms with Crippen molar-refractivity contribution >= 4 is 16.9 Å². The summed E-state index contributed by atoms with van der Waals surface area (Å²) in [7, 11) is 1.64. The van der Waals surface area contributed by atoms with Crippen LogP contribution in [-0.4, -0.2) is 22.8 Å². The summed E-state index contributed by atoms with van der Waals surface area (Å²) in [6.07, 6.45) is 5.14. The summed E-state index contributed by atoms with van der Waals surface area (Å²) in [5.74, 6) is -0.0203. The Hall–Kier alpha value is -1.97. The minimum Gasteiger partial charge on any atom is -0.497 e. The summed E-state index contributed by atoms with van der Waals surface area (Å²) >= 11 is 0. The first-order valence-corrected chi connectivity index (χ1v) is 6.53. The topological polar surface area (TPSA) is 51.5 Å². The highest BCUT2D eigenvalue weighted by atomic mass is 16.5. The highest BCUT2D eigenvalue weighted by molar-refractivity contribution is 5.86. The van der Waals surface area contributed by atoms with E-state index in [0.717, 1.165) is 35.9 Å². The van der Waals surface area contributed by atoms with Gasteiger partial charge in [-0.15, -0.1) is 0 Å². The standard InChI is InChI=1S/C15H19NO3/c1-3-4-5-11-9-16(10-15(17)18)14-7-6-12(19-2)8-13(11)14/h6-9H,3-5,10H2,1-2H3,(H,17,18). The van der Waals surface area contributed by atoms with Gasteiger partial charge in [-0.2, -0.15) is 0 Å². The summed E-state index contributed by atoms with van der Waals surface area (Å²) in [6.45, 7) is 2.14. The first-order valence-electron chi connectivity index (χ1n) is 6.53. The summed E-state index contributed by atoms with van der Waals surface area (Å²) in [5.41, 5.74) is 2.14. The molecule has 1 N–H and O–H groups in total. The number of carboxylic acids is 1. The molecule has 102 valence electrons. The zero-order chi connectivity index (χ0) is 13.8. The molecule has 1 aromatic carbocycles. The molecular formula is C15H19NO3. The van der Waals surface area contributed by atoms with Gasteiger partial charge in [0.2, 0.25) is 0 Å². The van der Waals surface area contributed by atoms with E-state index in [1.165, 1.54) is 5.56 Å². The summed E-state index contributed by atoms with van der Waals surface area (Å²) in [4.78, 5) is 10.9. The maximum atomic E-state index is 10.9. The average molecular weight is 261 g/mol. The Morgan fingerprint density at radius 3 is 2.84 bits per heavy atom. The SMILES string of the molecule is CCCCc1cn(CC(=O)O)c2ccc(OC)cc12. The van der Waals surface area contributed by atoms with Gasteiger partial charge < -0.3 is 14.4 Å². The molecule has 0 aliphatic rings. The molecule has 1 aromatic heterocycles. The van der Waals surface area contributed by atoms with Crippen molar-refractivity contribution in [1.82, 2.24) is 4.57 Å². The van der Waals surface area contributed by atoms with Crippen LogP contribution >= 0.6 is 0 Å². The first kappa shape index (κ1) is 13.5. The van der Waals surface area contributed by atoms with Crippen LogP contribution in [0.5, 0.6) is 5.75 Å². The molecule has 0 amide bonds. The van der Waals surface area contributed by atoms with E-state index in [4.69, 9.17) is 9.84 Å². The van der Waals surface area contributed by atoms with Gasteiger partial charge in [0.1, 0.15) is 12.3 Å². The number of hydrogen-bond acceptors (Lipinski definition) is 2. The van der Waals surface area contributed by atoms with E-state index < -0.39 is 5.97 Å². The van der Waals surface area contributed by atoms with Crippen molar-refractivity contribution in [3.63, 3.8) is 0 Å².